The minimum absolute atomic E-state index is 0.360. The molecule has 0 aliphatic heterocycles. The van der Waals surface area contributed by atoms with Crippen molar-refractivity contribution >= 4 is 42.7 Å². The van der Waals surface area contributed by atoms with Gasteiger partial charge in [-0.1, -0.05) is 0 Å². The highest BCUT2D eigenvalue weighted by molar-refractivity contribution is 7.81. The first-order chi connectivity index (χ1) is 16.6. The van der Waals surface area contributed by atoms with Gasteiger partial charge in [-0.05, 0) is 6.07 Å². The van der Waals surface area contributed by atoms with Crippen LogP contribution in [0.4, 0.5) is 0 Å². The number of phenols is 4. The summed E-state index contributed by atoms with van der Waals surface area (Å²) in [4.78, 5) is 24.3. The molecule has 0 bridgehead atoms. The molecule has 36 heavy (non-hydrogen) atoms. The Bertz CT molecular complexity index is 1920. The zero-order chi connectivity index (χ0) is 26.7. The normalized spacial score (nSPS) is 12.2. The lowest BCUT2D eigenvalue weighted by Gasteiger charge is -2.15. The lowest BCUT2D eigenvalue weighted by atomic mass is 9.96. The van der Waals surface area contributed by atoms with Gasteiger partial charge in [0.25, 0.3) is 0 Å². The molecule has 18 heteroatoms. The van der Waals surface area contributed by atoms with Crippen molar-refractivity contribution < 1.29 is 63.6 Å². The van der Waals surface area contributed by atoms with Crippen molar-refractivity contribution in [1.29, 1.82) is 0 Å². The lowest BCUT2D eigenvalue weighted by molar-refractivity contribution is 0.374. The fraction of sp³-hybridized carbons (Fsp3) is 0. The lowest BCUT2D eigenvalue weighted by Crippen LogP contribution is -2.13. The minimum atomic E-state index is -5.24. The molecule has 4 rings (SSSR count). The Hall–Kier alpha value is -4.52. The number of hydrogen-bond acceptors (Lipinski definition) is 14. The van der Waals surface area contributed by atoms with E-state index in [9.17, 15) is 46.9 Å². The Morgan fingerprint density at radius 2 is 1.17 bits per heavy atom. The highest BCUT2D eigenvalue weighted by atomic mass is 32.3. The van der Waals surface area contributed by atoms with E-state index in [0.717, 1.165) is 6.07 Å². The molecule has 0 unspecified atom stereocenters. The van der Waals surface area contributed by atoms with Crippen LogP contribution in [0.25, 0.3) is 33.1 Å². The van der Waals surface area contributed by atoms with Gasteiger partial charge in [0.05, 0.1) is 5.56 Å². The summed E-state index contributed by atoms with van der Waals surface area (Å²) in [6.07, 6.45) is 0. The average Bonchev–Trinajstić information content (AvgIpc) is 2.72. The number of phenolic OH excluding ortho intramolecular Hbond substituents is 4. The topological polar surface area (TPSA) is 269 Å². The molecule has 4 aromatic rings. The molecule has 2 heterocycles. The quantitative estimate of drug-likeness (QED) is 0.114. The maximum absolute atomic E-state index is 12.3. The van der Waals surface area contributed by atoms with E-state index in [1.165, 1.54) is 0 Å². The summed E-state index contributed by atoms with van der Waals surface area (Å²) in [5.74, 6) is -6.27. The molecule has 0 aliphatic carbocycles. The fourth-order valence-corrected chi connectivity index (χ4v) is 3.95. The second-order valence-corrected chi connectivity index (χ2v) is 8.93. The molecule has 0 spiro atoms. The Balaban J connectivity index is 2.17. The predicted octanol–water partition coefficient (Wildman–Crippen LogP) is 0.752. The molecule has 0 saturated heterocycles. The Morgan fingerprint density at radius 3 is 1.75 bits per heavy atom. The van der Waals surface area contributed by atoms with Gasteiger partial charge in [-0.3, -0.25) is 9.11 Å². The second-order valence-electron chi connectivity index (χ2n) is 6.89. The first-order valence-corrected chi connectivity index (χ1v) is 11.7. The Morgan fingerprint density at radius 1 is 0.667 bits per heavy atom. The summed E-state index contributed by atoms with van der Waals surface area (Å²) < 4.78 is 79.8. The van der Waals surface area contributed by atoms with Crippen LogP contribution in [0.5, 0.6) is 34.5 Å². The van der Waals surface area contributed by atoms with Gasteiger partial charge in [0, 0.05) is 34.5 Å². The van der Waals surface area contributed by atoms with Crippen LogP contribution in [0.2, 0.25) is 0 Å². The fourth-order valence-electron chi connectivity index (χ4n) is 3.27. The molecule has 2 aromatic heterocycles. The summed E-state index contributed by atoms with van der Waals surface area (Å²) in [6, 6.07) is 2.77. The molecule has 0 atom stereocenters. The van der Waals surface area contributed by atoms with E-state index in [0.29, 0.717) is 18.2 Å². The number of aromatic hydroxyl groups is 4. The van der Waals surface area contributed by atoms with Crippen LogP contribution in [0.3, 0.4) is 0 Å². The molecule has 0 saturated carbocycles. The Kier molecular flexibility index (Phi) is 5.48. The van der Waals surface area contributed by atoms with Crippen molar-refractivity contribution in [3.63, 3.8) is 0 Å². The summed E-state index contributed by atoms with van der Waals surface area (Å²) in [5.41, 5.74) is -5.65. The molecule has 6 N–H and O–H groups in total. The van der Waals surface area contributed by atoms with Gasteiger partial charge in [-0.15, -0.1) is 0 Å². The number of benzene rings is 2. The summed E-state index contributed by atoms with van der Waals surface area (Å²) in [7, 11) is -10.4. The molecule has 16 nitrogen and oxygen atoms in total. The molecule has 0 aliphatic rings. The van der Waals surface area contributed by atoms with E-state index in [1.54, 1.807) is 0 Å². The van der Waals surface area contributed by atoms with Crippen molar-refractivity contribution in [2.75, 3.05) is 0 Å². The third-order valence-corrected chi connectivity index (χ3v) is 5.33. The smallest absolute Gasteiger partial charge is 0.446 e. The van der Waals surface area contributed by atoms with Gasteiger partial charge in [-0.2, -0.15) is 16.8 Å². The van der Waals surface area contributed by atoms with E-state index in [2.05, 4.69) is 8.37 Å². The van der Waals surface area contributed by atoms with Crippen LogP contribution >= 0.6 is 0 Å². The molecular formula is C18H10O16S2. The van der Waals surface area contributed by atoms with E-state index in [4.69, 9.17) is 17.9 Å². The van der Waals surface area contributed by atoms with E-state index >= 15 is 0 Å². The number of fused-ring (bicyclic) bond motifs is 2. The van der Waals surface area contributed by atoms with Crippen LogP contribution in [-0.4, -0.2) is 46.4 Å². The van der Waals surface area contributed by atoms with Gasteiger partial charge in [-0.25, -0.2) is 9.59 Å². The SMILES string of the molecule is O=c1oc2cc(O)c(O)c(-c3c(O)c(O)cc4cc(OS(=O)(=O)O)c(=O)oc34)c2cc1OS(=O)(=O)O. The summed E-state index contributed by atoms with van der Waals surface area (Å²) >= 11 is 0. The highest BCUT2D eigenvalue weighted by Crippen LogP contribution is 2.51. The molecule has 0 amide bonds. The van der Waals surface area contributed by atoms with Crippen LogP contribution in [0.15, 0.2) is 42.7 Å². The standard InChI is InChI=1S/C18H10O16S2/c19-7-1-5-2-10(33-35(25,26)27)18(24)32-16(5)13(15(7)22)12-6-3-11(34-36(28,29)30)17(23)31-9(6)4-8(20)14(12)21/h1-4,19-22H,(H,25,26,27)(H,28,29,30). The summed E-state index contributed by atoms with van der Waals surface area (Å²) in [5, 5.41) is 40.6. The molecular weight excluding hydrogens is 536 g/mol. The van der Waals surface area contributed by atoms with Gasteiger partial charge in [0.1, 0.15) is 5.58 Å². The second kappa shape index (κ2) is 8.02. The number of rotatable bonds is 5. The van der Waals surface area contributed by atoms with Crippen molar-refractivity contribution in [2.24, 2.45) is 0 Å². The van der Waals surface area contributed by atoms with E-state index < -0.39 is 94.2 Å². The van der Waals surface area contributed by atoms with Crippen LogP contribution in [0.1, 0.15) is 0 Å². The molecule has 190 valence electrons. The predicted molar refractivity (Wildman–Crippen MR) is 115 cm³/mol. The van der Waals surface area contributed by atoms with Gasteiger partial charge in [0.2, 0.25) is 11.5 Å². The molecule has 0 fully saturated rings. The first kappa shape index (κ1) is 24.6. The molecule has 0 radical (unpaired) electrons. The monoisotopic (exact) mass is 546 g/mol. The zero-order valence-electron chi connectivity index (χ0n) is 16.9. The van der Waals surface area contributed by atoms with Crippen LogP contribution in [0, 0.1) is 0 Å². The number of hydrogen-bond donors (Lipinski definition) is 6. The highest BCUT2D eigenvalue weighted by Gasteiger charge is 2.27. The van der Waals surface area contributed by atoms with Crippen LogP contribution < -0.4 is 19.6 Å². The van der Waals surface area contributed by atoms with Crippen molar-refractivity contribution in [2.45, 2.75) is 0 Å². The third-order valence-electron chi connectivity index (χ3n) is 4.54. The third kappa shape index (κ3) is 4.43. The van der Waals surface area contributed by atoms with E-state index in [-0.39, 0.29) is 5.39 Å². The zero-order valence-corrected chi connectivity index (χ0v) is 18.5. The minimum Gasteiger partial charge on any atom is -0.504 e. The van der Waals surface area contributed by atoms with Crippen molar-refractivity contribution in [3.05, 3.63) is 45.1 Å². The van der Waals surface area contributed by atoms with Crippen LogP contribution in [-0.2, 0) is 20.8 Å². The van der Waals surface area contributed by atoms with Gasteiger partial charge in [0.15, 0.2) is 28.6 Å². The summed E-state index contributed by atoms with van der Waals surface area (Å²) in [6.45, 7) is 0. The maximum Gasteiger partial charge on any atom is 0.446 e. The van der Waals surface area contributed by atoms with Crippen molar-refractivity contribution in [3.8, 4) is 45.6 Å². The average molecular weight is 546 g/mol. The van der Waals surface area contributed by atoms with Gasteiger partial charge < -0.3 is 37.6 Å². The first-order valence-electron chi connectivity index (χ1n) is 8.95. The van der Waals surface area contributed by atoms with E-state index in [1.807, 2.05) is 0 Å². The largest absolute Gasteiger partial charge is 0.504 e. The molecule has 2 aromatic carbocycles. The Labute approximate surface area is 197 Å². The van der Waals surface area contributed by atoms with Crippen molar-refractivity contribution in [1.82, 2.24) is 0 Å². The maximum atomic E-state index is 12.3. The van der Waals surface area contributed by atoms with Gasteiger partial charge >= 0.3 is 32.0 Å².